The van der Waals surface area contributed by atoms with Crippen LogP contribution in [0, 0.1) is 11.8 Å². The number of amides is 3. The van der Waals surface area contributed by atoms with Gasteiger partial charge in [-0.1, -0.05) is 35.8 Å². The van der Waals surface area contributed by atoms with Crippen LogP contribution in [-0.2, 0) is 9.59 Å². The number of likely N-dealkylation sites (tertiary alicyclic amines) is 2. The predicted octanol–water partition coefficient (Wildman–Crippen LogP) is 3.84. The molecule has 170 valence electrons. The van der Waals surface area contributed by atoms with Crippen LogP contribution < -0.4 is 5.32 Å². The lowest BCUT2D eigenvalue weighted by atomic mass is 9.87. The first-order valence-corrected chi connectivity index (χ1v) is 12.3. The Morgan fingerprint density at radius 2 is 1.71 bits per heavy atom. The Morgan fingerprint density at radius 1 is 1.03 bits per heavy atom. The molecule has 2 aliphatic rings. The Kier molecular flexibility index (Phi) is 8.52. The first-order chi connectivity index (χ1) is 14.8. The van der Waals surface area contributed by atoms with Gasteiger partial charge in [0.15, 0.2) is 0 Å². The highest BCUT2D eigenvalue weighted by Crippen LogP contribution is 2.25. The summed E-state index contributed by atoms with van der Waals surface area (Å²) in [5.41, 5.74) is 0.666. The van der Waals surface area contributed by atoms with Crippen LogP contribution in [0.25, 0.3) is 0 Å². The summed E-state index contributed by atoms with van der Waals surface area (Å²) in [5.74, 6) is 0.307. The zero-order chi connectivity index (χ0) is 22.4. The fourth-order valence-electron chi connectivity index (χ4n) is 4.54. The van der Waals surface area contributed by atoms with Crippen molar-refractivity contribution in [3.63, 3.8) is 0 Å². The second-order valence-electron chi connectivity index (χ2n) is 9.17. The number of carbonyl (C=O) groups excluding carboxylic acids is 3. The van der Waals surface area contributed by atoms with Crippen molar-refractivity contribution >= 4 is 33.7 Å². The monoisotopic (exact) mass is 491 g/mol. The van der Waals surface area contributed by atoms with E-state index in [4.69, 9.17) is 0 Å². The van der Waals surface area contributed by atoms with Gasteiger partial charge in [0.2, 0.25) is 11.8 Å². The van der Waals surface area contributed by atoms with Crippen molar-refractivity contribution in [2.75, 3.05) is 26.2 Å². The number of nitrogens with one attached hydrogen (secondary N) is 1. The van der Waals surface area contributed by atoms with Crippen LogP contribution in [0.3, 0.4) is 0 Å². The first-order valence-electron chi connectivity index (χ1n) is 11.5. The van der Waals surface area contributed by atoms with Gasteiger partial charge in [0.05, 0.1) is 0 Å². The topological polar surface area (TPSA) is 69.7 Å². The summed E-state index contributed by atoms with van der Waals surface area (Å²) >= 11 is 3.42. The number of hydrogen-bond acceptors (Lipinski definition) is 3. The summed E-state index contributed by atoms with van der Waals surface area (Å²) in [6.45, 7) is 6.76. The number of hydrogen-bond donors (Lipinski definition) is 1. The van der Waals surface area contributed by atoms with Gasteiger partial charge in [0.25, 0.3) is 5.91 Å². The third kappa shape index (κ3) is 6.55. The van der Waals surface area contributed by atoms with Crippen molar-refractivity contribution in [2.45, 2.75) is 58.4 Å². The summed E-state index contributed by atoms with van der Waals surface area (Å²) in [6, 6.07) is 6.94. The number of benzene rings is 1. The first kappa shape index (κ1) is 23.8. The molecular formula is C24H34BrN3O3. The molecule has 3 amide bonds. The minimum absolute atomic E-state index is 0.0162. The normalized spacial score (nSPS) is 18.7. The maximum Gasteiger partial charge on any atom is 0.253 e. The lowest BCUT2D eigenvalue weighted by Crippen LogP contribution is -2.55. The van der Waals surface area contributed by atoms with Crippen LogP contribution in [0.1, 0.15) is 62.7 Å². The molecule has 2 aliphatic heterocycles. The molecule has 31 heavy (non-hydrogen) atoms. The number of halogens is 1. The molecule has 0 saturated carbocycles. The van der Waals surface area contributed by atoms with Gasteiger partial charge in [-0.3, -0.25) is 14.4 Å². The van der Waals surface area contributed by atoms with Gasteiger partial charge >= 0.3 is 0 Å². The maximum atomic E-state index is 13.3. The SMILES string of the molecule is CC(C)CC(=O)N[C@@H](C(=O)N1CCCCC1)C1CCN(C(=O)c2cccc(Br)c2)CC1. The highest BCUT2D eigenvalue weighted by Gasteiger charge is 2.36. The molecule has 2 saturated heterocycles. The molecule has 0 aliphatic carbocycles. The summed E-state index contributed by atoms with van der Waals surface area (Å²) < 4.78 is 0.883. The van der Waals surface area contributed by atoms with E-state index in [-0.39, 0.29) is 29.6 Å². The lowest BCUT2D eigenvalue weighted by Gasteiger charge is -2.38. The summed E-state index contributed by atoms with van der Waals surface area (Å²) in [7, 11) is 0. The van der Waals surface area contributed by atoms with E-state index < -0.39 is 6.04 Å². The second-order valence-corrected chi connectivity index (χ2v) is 10.1. The van der Waals surface area contributed by atoms with E-state index >= 15 is 0 Å². The van der Waals surface area contributed by atoms with E-state index in [1.54, 1.807) is 0 Å². The number of nitrogens with zero attached hydrogens (tertiary/aromatic N) is 2. The minimum atomic E-state index is -0.493. The van der Waals surface area contributed by atoms with Gasteiger partial charge in [-0.2, -0.15) is 0 Å². The molecule has 1 aromatic carbocycles. The maximum absolute atomic E-state index is 13.3. The van der Waals surface area contributed by atoms with E-state index in [0.29, 0.717) is 37.9 Å². The molecule has 7 heteroatoms. The Labute approximate surface area is 193 Å². The molecule has 2 fully saturated rings. The Morgan fingerprint density at radius 3 is 2.32 bits per heavy atom. The molecule has 0 bridgehead atoms. The highest BCUT2D eigenvalue weighted by atomic mass is 79.9. The molecule has 0 radical (unpaired) electrons. The van der Waals surface area contributed by atoms with Gasteiger partial charge in [0.1, 0.15) is 6.04 Å². The summed E-state index contributed by atoms with van der Waals surface area (Å²) in [4.78, 5) is 42.5. The van der Waals surface area contributed by atoms with Gasteiger partial charge in [-0.05, 0) is 62.1 Å². The largest absolute Gasteiger partial charge is 0.344 e. The van der Waals surface area contributed by atoms with E-state index in [1.807, 2.05) is 47.9 Å². The van der Waals surface area contributed by atoms with Crippen LogP contribution >= 0.6 is 15.9 Å². The molecule has 6 nitrogen and oxygen atoms in total. The van der Waals surface area contributed by atoms with E-state index in [9.17, 15) is 14.4 Å². The third-order valence-electron chi connectivity index (χ3n) is 6.21. The number of piperidine rings is 2. The molecule has 0 unspecified atom stereocenters. The quantitative estimate of drug-likeness (QED) is 0.656. The van der Waals surface area contributed by atoms with Crippen LogP contribution in [-0.4, -0.2) is 59.7 Å². The Balaban J connectivity index is 1.66. The number of carbonyl (C=O) groups is 3. The zero-order valence-corrected chi connectivity index (χ0v) is 20.2. The standard InChI is InChI=1S/C24H34BrN3O3/c1-17(2)15-21(29)26-22(24(31)27-11-4-3-5-12-27)18-9-13-28(14-10-18)23(30)19-7-6-8-20(25)16-19/h6-8,16-18,22H,3-5,9-15H2,1-2H3,(H,26,29)/t22-/m1/s1. The summed E-state index contributed by atoms with van der Waals surface area (Å²) in [5, 5.41) is 3.06. The number of rotatable bonds is 6. The zero-order valence-electron chi connectivity index (χ0n) is 18.6. The molecule has 1 atom stereocenters. The van der Waals surface area contributed by atoms with Gasteiger partial charge in [-0.25, -0.2) is 0 Å². The van der Waals surface area contributed by atoms with Gasteiger partial charge in [0, 0.05) is 42.6 Å². The van der Waals surface area contributed by atoms with E-state index in [0.717, 1.165) is 36.8 Å². The molecular weight excluding hydrogens is 458 g/mol. The van der Waals surface area contributed by atoms with E-state index in [2.05, 4.69) is 21.2 Å². The van der Waals surface area contributed by atoms with Crippen molar-refractivity contribution in [3.05, 3.63) is 34.3 Å². The molecule has 1 N–H and O–H groups in total. The molecule has 0 spiro atoms. The highest BCUT2D eigenvalue weighted by molar-refractivity contribution is 9.10. The van der Waals surface area contributed by atoms with Crippen LogP contribution in [0.5, 0.6) is 0 Å². The van der Waals surface area contributed by atoms with Crippen LogP contribution in [0.15, 0.2) is 28.7 Å². The lowest BCUT2D eigenvalue weighted by molar-refractivity contribution is -0.139. The van der Waals surface area contributed by atoms with Gasteiger partial charge < -0.3 is 15.1 Å². The third-order valence-corrected chi connectivity index (χ3v) is 6.71. The second kappa shape index (κ2) is 11.1. The van der Waals surface area contributed by atoms with Crippen LogP contribution in [0.2, 0.25) is 0 Å². The van der Waals surface area contributed by atoms with Crippen molar-refractivity contribution in [3.8, 4) is 0 Å². The summed E-state index contributed by atoms with van der Waals surface area (Å²) in [6.07, 6.45) is 5.06. The fraction of sp³-hybridized carbons (Fsp3) is 0.625. The van der Waals surface area contributed by atoms with Crippen molar-refractivity contribution in [1.82, 2.24) is 15.1 Å². The molecule has 0 aromatic heterocycles. The minimum Gasteiger partial charge on any atom is -0.344 e. The average molecular weight is 492 g/mol. The fourth-order valence-corrected chi connectivity index (χ4v) is 4.93. The van der Waals surface area contributed by atoms with Crippen molar-refractivity contribution in [1.29, 1.82) is 0 Å². The average Bonchev–Trinajstić information content (AvgIpc) is 2.77. The molecule has 1 aromatic rings. The Bertz CT molecular complexity index is 784. The van der Waals surface area contributed by atoms with Crippen LogP contribution in [0.4, 0.5) is 0 Å². The molecule has 2 heterocycles. The predicted molar refractivity (Wildman–Crippen MR) is 125 cm³/mol. The van der Waals surface area contributed by atoms with E-state index in [1.165, 1.54) is 0 Å². The Hall–Kier alpha value is -1.89. The van der Waals surface area contributed by atoms with Crippen molar-refractivity contribution in [2.24, 2.45) is 11.8 Å². The van der Waals surface area contributed by atoms with Crippen molar-refractivity contribution < 1.29 is 14.4 Å². The smallest absolute Gasteiger partial charge is 0.253 e. The van der Waals surface area contributed by atoms with Gasteiger partial charge in [-0.15, -0.1) is 0 Å². The molecule has 3 rings (SSSR count).